The lowest BCUT2D eigenvalue weighted by Gasteiger charge is -2.31. The quantitative estimate of drug-likeness (QED) is 0.664. The molecule has 3 heterocycles. The molecule has 1 saturated heterocycles. The first-order chi connectivity index (χ1) is 14.6. The molecule has 0 N–H and O–H groups in total. The van der Waals surface area contributed by atoms with E-state index in [1.807, 2.05) is 30.3 Å². The predicted molar refractivity (Wildman–Crippen MR) is 109 cm³/mol. The average molecular weight is 408 g/mol. The second-order valence-corrected chi connectivity index (χ2v) is 7.58. The number of rotatable bonds is 4. The fourth-order valence-electron chi connectivity index (χ4n) is 4.28. The number of amides is 1. The Labute approximate surface area is 172 Å². The Morgan fingerprint density at radius 3 is 2.53 bits per heavy atom. The minimum absolute atomic E-state index is 0.0509. The van der Waals surface area contributed by atoms with Gasteiger partial charge in [0.2, 0.25) is 5.76 Å². The standard InChI is InChI=1S/C23H21FN2O4/c24-16-6-7-18-17(14-16)21(27)19-20(15-4-2-1-3-5-15)26(23(28)22(19)30-18)9-8-25-10-12-29-13-11-25/h1-7,14,20H,8-13H2/t20-/m1/s1. The van der Waals surface area contributed by atoms with Crippen molar-refractivity contribution in [3.63, 3.8) is 0 Å². The SMILES string of the molecule is O=C1c2oc3ccc(F)cc3c(=O)c2[C@@H](c2ccccc2)N1CCN1CCOCC1. The molecule has 30 heavy (non-hydrogen) atoms. The number of ether oxygens (including phenoxy) is 1. The summed E-state index contributed by atoms with van der Waals surface area (Å²) >= 11 is 0. The van der Waals surface area contributed by atoms with E-state index in [0.717, 1.165) is 18.7 Å². The molecule has 5 rings (SSSR count). The van der Waals surface area contributed by atoms with E-state index in [1.165, 1.54) is 18.2 Å². The Morgan fingerprint density at radius 2 is 1.77 bits per heavy atom. The molecule has 1 amide bonds. The van der Waals surface area contributed by atoms with Crippen molar-refractivity contribution in [3.8, 4) is 0 Å². The first kappa shape index (κ1) is 19.0. The second kappa shape index (κ2) is 7.66. The minimum atomic E-state index is -0.557. The number of hydrogen-bond donors (Lipinski definition) is 0. The number of carbonyl (C=O) groups excluding carboxylic acids is 1. The fourth-order valence-corrected chi connectivity index (χ4v) is 4.28. The molecule has 3 aromatic rings. The van der Waals surface area contributed by atoms with Gasteiger partial charge in [-0.1, -0.05) is 30.3 Å². The fraction of sp³-hybridized carbons (Fsp3) is 0.304. The van der Waals surface area contributed by atoms with Crippen LogP contribution >= 0.6 is 0 Å². The number of morpholine rings is 1. The molecule has 1 fully saturated rings. The first-order valence-corrected chi connectivity index (χ1v) is 10.1. The Bertz CT molecular complexity index is 1160. The maximum absolute atomic E-state index is 13.8. The number of halogens is 1. The van der Waals surface area contributed by atoms with Crippen LogP contribution in [0.3, 0.4) is 0 Å². The van der Waals surface area contributed by atoms with Crippen molar-refractivity contribution in [2.75, 3.05) is 39.4 Å². The van der Waals surface area contributed by atoms with Gasteiger partial charge >= 0.3 is 0 Å². The van der Waals surface area contributed by atoms with Crippen molar-refractivity contribution < 1.29 is 18.3 Å². The van der Waals surface area contributed by atoms with Crippen molar-refractivity contribution in [2.24, 2.45) is 0 Å². The minimum Gasteiger partial charge on any atom is -0.450 e. The van der Waals surface area contributed by atoms with E-state index in [0.29, 0.717) is 26.3 Å². The van der Waals surface area contributed by atoms with Gasteiger partial charge in [0, 0.05) is 26.2 Å². The molecule has 154 valence electrons. The van der Waals surface area contributed by atoms with E-state index in [9.17, 15) is 14.0 Å². The van der Waals surface area contributed by atoms with Crippen LogP contribution < -0.4 is 5.43 Å². The van der Waals surface area contributed by atoms with E-state index in [1.54, 1.807) is 4.90 Å². The van der Waals surface area contributed by atoms with Gasteiger partial charge in [-0.25, -0.2) is 4.39 Å². The second-order valence-electron chi connectivity index (χ2n) is 7.58. The highest BCUT2D eigenvalue weighted by Crippen LogP contribution is 2.37. The molecular weight excluding hydrogens is 387 g/mol. The van der Waals surface area contributed by atoms with Gasteiger partial charge in [0.1, 0.15) is 11.4 Å². The van der Waals surface area contributed by atoms with Gasteiger partial charge in [-0.05, 0) is 23.8 Å². The number of nitrogens with zero attached hydrogens (tertiary/aromatic N) is 2. The molecule has 1 atom stereocenters. The van der Waals surface area contributed by atoms with Crippen LogP contribution in [0.25, 0.3) is 11.0 Å². The Morgan fingerprint density at radius 1 is 1.00 bits per heavy atom. The van der Waals surface area contributed by atoms with E-state index < -0.39 is 11.9 Å². The van der Waals surface area contributed by atoms with Gasteiger partial charge in [-0.3, -0.25) is 14.5 Å². The number of benzene rings is 2. The Balaban J connectivity index is 1.60. The topological polar surface area (TPSA) is 63.0 Å². The summed E-state index contributed by atoms with van der Waals surface area (Å²) in [7, 11) is 0. The van der Waals surface area contributed by atoms with Crippen molar-refractivity contribution >= 4 is 16.9 Å². The highest BCUT2D eigenvalue weighted by Gasteiger charge is 2.42. The molecule has 1 aromatic heterocycles. The smallest absolute Gasteiger partial charge is 0.290 e. The highest BCUT2D eigenvalue weighted by molar-refractivity contribution is 5.99. The van der Waals surface area contributed by atoms with Crippen LogP contribution in [0.15, 0.2) is 57.7 Å². The summed E-state index contributed by atoms with van der Waals surface area (Å²) in [6.45, 7) is 4.10. The van der Waals surface area contributed by atoms with Crippen LogP contribution in [0.1, 0.15) is 27.7 Å². The van der Waals surface area contributed by atoms with Crippen LogP contribution in [0.2, 0.25) is 0 Å². The summed E-state index contributed by atoms with van der Waals surface area (Å²) in [5.41, 5.74) is 0.970. The summed E-state index contributed by atoms with van der Waals surface area (Å²) in [6, 6.07) is 12.7. The number of hydrogen-bond acceptors (Lipinski definition) is 5. The summed E-state index contributed by atoms with van der Waals surface area (Å²) in [4.78, 5) is 30.5. The number of fused-ring (bicyclic) bond motifs is 2. The third-order valence-electron chi connectivity index (χ3n) is 5.80. The average Bonchev–Trinajstić information content (AvgIpc) is 3.06. The van der Waals surface area contributed by atoms with Gasteiger partial charge in [-0.2, -0.15) is 0 Å². The molecule has 2 aromatic carbocycles. The van der Waals surface area contributed by atoms with Gasteiger partial charge in [0.25, 0.3) is 5.91 Å². The van der Waals surface area contributed by atoms with E-state index in [4.69, 9.17) is 9.15 Å². The van der Waals surface area contributed by atoms with Crippen molar-refractivity contribution in [3.05, 3.63) is 81.5 Å². The predicted octanol–water partition coefficient (Wildman–Crippen LogP) is 2.81. The zero-order valence-electron chi connectivity index (χ0n) is 16.3. The summed E-state index contributed by atoms with van der Waals surface area (Å²) in [5, 5.41) is 0.150. The van der Waals surface area contributed by atoms with Gasteiger partial charge in [-0.15, -0.1) is 0 Å². The van der Waals surface area contributed by atoms with Crippen LogP contribution in [0, 0.1) is 5.82 Å². The lowest BCUT2D eigenvalue weighted by Crippen LogP contribution is -2.42. The van der Waals surface area contributed by atoms with Crippen LogP contribution in [-0.2, 0) is 4.74 Å². The molecule has 0 aliphatic carbocycles. The van der Waals surface area contributed by atoms with E-state index in [2.05, 4.69) is 4.90 Å². The molecule has 0 unspecified atom stereocenters. The van der Waals surface area contributed by atoms with E-state index >= 15 is 0 Å². The Kier molecular flexibility index (Phi) is 4.84. The lowest BCUT2D eigenvalue weighted by atomic mass is 9.98. The molecule has 0 saturated carbocycles. The molecule has 7 heteroatoms. The molecule has 0 radical (unpaired) electrons. The van der Waals surface area contributed by atoms with Crippen molar-refractivity contribution in [2.45, 2.75) is 6.04 Å². The lowest BCUT2D eigenvalue weighted by molar-refractivity contribution is 0.0314. The normalized spacial score (nSPS) is 19.4. The monoisotopic (exact) mass is 408 g/mol. The summed E-state index contributed by atoms with van der Waals surface area (Å²) in [6.07, 6.45) is 0. The highest BCUT2D eigenvalue weighted by atomic mass is 19.1. The van der Waals surface area contributed by atoms with Gasteiger partial charge in [0.15, 0.2) is 5.43 Å². The third kappa shape index (κ3) is 3.20. The van der Waals surface area contributed by atoms with Crippen molar-refractivity contribution in [1.82, 2.24) is 9.80 Å². The van der Waals surface area contributed by atoms with Crippen molar-refractivity contribution in [1.29, 1.82) is 0 Å². The summed E-state index contributed by atoms with van der Waals surface area (Å²) < 4.78 is 25.0. The van der Waals surface area contributed by atoms with Crippen LogP contribution in [-0.4, -0.2) is 55.1 Å². The molecule has 2 aliphatic rings. The molecule has 0 bridgehead atoms. The summed E-state index contributed by atoms with van der Waals surface area (Å²) in [5.74, 6) is -0.773. The zero-order valence-corrected chi connectivity index (χ0v) is 16.3. The first-order valence-electron chi connectivity index (χ1n) is 10.1. The molecule has 6 nitrogen and oxygen atoms in total. The number of carbonyl (C=O) groups is 1. The van der Waals surface area contributed by atoms with Gasteiger partial charge < -0.3 is 14.1 Å². The van der Waals surface area contributed by atoms with Crippen LogP contribution in [0.5, 0.6) is 0 Å². The zero-order chi connectivity index (χ0) is 20.7. The molecular formula is C23H21FN2O4. The van der Waals surface area contributed by atoms with Crippen LogP contribution in [0.4, 0.5) is 4.39 Å². The Hall–Kier alpha value is -3.03. The van der Waals surface area contributed by atoms with E-state index in [-0.39, 0.29) is 33.6 Å². The largest absolute Gasteiger partial charge is 0.450 e. The molecule has 2 aliphatic heterocycles. The van der Waals surface area contributed by atoms with Gasteiger partial charge in [0.05, 0.1) is 30.2 Å². The third-order valence-corrected chi connectivity index (χ3v) is 5.80. The maximum Gasteiger partial charge on any atom is 0.290 e. The maximum atomic E-state index is 13.8. The molecule has 0 spiro atoms.